The molecule has 2 rings (SSSR count). The van der Waals surface area contributed by atoms with Crippen LogP contribution < -0.4 is 0 Å². The zero-order valence-corrected chi connectivity index (χ0v) is 15.4. The van der Waals surface area contributed by atoms with Crippen molar-refractivity contribution in [1.82, 2.24) is 0 Å². The molecule has 0 amide bonds. The molecule has 1 nitrogen and oxygen atoms in total. The number of hydrogen-bond acceptors (Lipinski definition) is 2. The SMILES string of the molecule is CC(C)(C)Sc1ccccc1/C=C\C(=O)c1ccc(Br)cc1. The molecule has 0 atom stereocenters. The molecule has 0 N–H and O–H groups in total. The molecule has 0 saturated heterocycles. The van der Waals surface area contributed by atoms with Crippen molar-refractivity contribution in [3.8, 4) is 0 Å². The number of allylic oxidation sites excluding steroid dienone is 1. The summed E-state index contributed by atoms with van der Waals surface area (Å²) in [6.07, 6.45) is 3.55. The molecule has 0 aliphatic rings. The van der Waals surface area contributed by atoms with E-state index in [1.54, 1.807) is 6.08 Å². The van der Waals surface area contributed by atoms with Gasteiger partial charge in [-0.3, -0.25) is 4.79 Å². The molecule has 0 fully saturated rings. The summed E-state index contributed by atoms with van der Waals surface area (Å²) in [7, 11) is 0. The van der Waals surface area contributed by atoms with Gasteiger partial charge < -0.3 is 0 Å². The number of benzene rings is 2. The maximum Gasteiger partial charge on any atom is 0.185 e. The number of carbonyl (C=O) groups excluding carboxylic acids is 1. The summed E-state index contributed by atoms with van der Waals surface area (Å²) in [5, 5.41) is 0. The Morgan fingerprint density at radius 3 is 2.32 bits per heavy atom. The molecule has 0 unspecified atom stereocenters. The van der Waals surface area contributed by atoms with E-state index in [-0.39, 0.29) is 10.5 Å². The molecule has 0 aliphatic carbocycles. The molecule has 0 aliphatic heterocycles. The van der Waals surface area contributed by atoms with Crippen molar-refractivity contribution in [2.75, 3.05) is 0 Å². The Labute approximate surface area is 145 Å². The first-order valence-corrected chi connectivity index (χ1v) is 8.72. The van der Waals surface area contributed by atoms with Gasteiger partial charge in [0.25, 0.3) is 0 Å². The quantitative estimate of drug-likeness (QED) is 0.358. The lowest BCUT2D eigenvalue weighted by atomic mass is 10.1. The molecule has 0 saturated carbocycles. The molecule has 114 valence electrons. The molecule has 2 aromatic rings. The zero-order valence-electron chi connectivity index (χ0n) is 13.0. The highest BCUT2D eigenvalue weighted by Gasteiger charge is 2.13. The van der Waals surface area contributed by atoms with Crippen LogP contribution in [0.1, 0.15) is 36.7 Å². The van der Waals surface area contributed by atoms with Crippen LogP contribution in [-0.4, -0.2) is 10.5 Å². The van der Waals surface area contributed by atoms with Crippen molar-refractivity contribution in [3.05, 3.63) is 70.2 Å². The second-order valence-electron chi connectivity index (χ2n) is 5.96. The van der Waals surface area contributed by atoms with Gasteiger partial charge in [-0.05, 0) is 48.0 Å². The van der Waals surface area contributed by atoms with E-state index >= 15 is 0 Å². The highest BCUT2D eigenvalue weighted by molar-refractivity contribution is 9.10. The van der Waals surface area contributed by atoms with Gasteiger partial charge >= 0.3 is 0 Å². The number of hydrogen-bond donors (Lipinski definition) is 0. The summed E-state index contributed by atoms with van der Waals surface area (Å²) in [5.41, 5.74) is 1.77. The summed E-state index contributed by atoms with van der Waals surface area (Å²) >= 11 is 5.18. The van der Waals surface area contributed by atoms with Gasteiger partial charge in [-0.25, -0.2) is 0 Å². The summed E-state index contributed by atoms with van der Waals surface area (Å²) < 4.78 is 1.11. The molecular weight excluding hydrogens is 356 g/mol. The first kappa shape index (κ1) is 17.0. The van der Waals surface area contributed by atoms with Crippen LogP contribution in [0.15, 0.2) is 64.0 Å². The first-order valence-electron chi connectivity index (χ1n) is 7.11. The van der Waals surface area contributed by atoms with E-state index in [0.717, 1.165) is 10.0 Å². The minimum atomic E-state index is 0.0167. The lowest BCUT2D eigenvalue weighted by Gasteiger charge is -2.18. The van der Waals surface area contributed by atoms with Gasteiger partial charge in [0.2, 0.25) is 0 Å². The van der Waals surface area contributed by atoms with Gasteiger partial charge in [-0.15, -0.1) is 11.8 Å². The number of rotatable bonds is 4. The Kier molecular flexibility index (Phi) is 5.65. The smallest absolute Gasteiger partial charge is 0.185 e. The fraction of sp³-hybridized carbons (Fsp3) is 0.211. The highest BCUT2D eigenvalue weighted by atomic mass is 79.9. The molecule has 2 aromatic carbocycles. The Bertz CT molecular complexity index is 681. The van der Waals surface area contributed by atoms with Crippen molar-refractivity contribution in [3.63, 3.8) is 0 Å². The second kappa shape index (κ2) is 7.30. The lowest BCUT2D eigenvalue weighted by Crippen LogP contribution is -2.07. The average molecular weight is 375 g/mol. The summed E-state index contributed by atoms with van der Waals surface area (Å²) in [6.45, 7) is 6.56. The third-order valence-corrected chi connectivity index (χ3v) is 4.61. The predicted molar refractivity (Wildman–Crippen MR) is 99.6 cm³/mol. The van der Waals surface area contributed by atoms with Crippen LogP contribution in [-0.2, 0) is 0 Å². The second-order valence-corrected chi connectivity index (χ2v) is 8.74. The molecule has 0 radical (unpaired) electrons. The molecule has 0 spiro atoms. The fourth-order valence-electron chi connectivity index (χ4n) is 1.92. The number of thioether (sulfide) groups is 1. The van der Waals surface area contributed by atoms with E-state index in [0.29, 0.717) is 5.56 Å². The largest absolute Gasteiger partial charge is 0.289 e. The Morgan fingerprint density at radius 1 is 1.05 bits per heavy atom. The summed E-state index contributed by atoms with van der Waals surface area (Å²) in [4.78, 5) is 13.4. The van der Waals surface area contributed by atoms with Gasteiger partial charge in [0.05, 0.1) is 0 Å². The molecule has 3 heteroatoms. The van der Waals surface area contributed by atoms with E-state index in [1.807, 2.05) is 60.3 Å². The van der Waals surface area contributed by atoms with Gasteiger partial charge in [0.15, 0.2) is 5.78 Å². The highest BCUT2D eigenvalue weighted by Crippen LogP contribution is 2.34. The van der Waals surface area contributed by atoms with Gasteiger partial charge in [0, 0.05) is 19.7 Å². The van der Waals surface area contributed by atoms with Crippen molar-refractivity contribution in [2.24, 2.45) is 0 Å². The fourth-order valence-corrected chi connectivity index (χ4v) is 3.24. The van der Waals surface area contributed by atoms with Crippen LogP contribution in [0.2, 0.25) is 0 Å². The number of carbonyl (C=O) groups is 1. The predicted octanol–water partition coefficient (Wildman–Crippen LogP) is 6.24. The normalized spacial score (nSPS) is 11.8. The van der Waals surface area contributed by atoms with E-state index < -0.39 is 0 Å². The van der Waals surface area contributed by atoms with Gasteiger partial charge in [-0.2, -0.15) is 0 Å². The number of halogens is 1. The summed E-state index contributed by atoms with van der Waals surface area (Å²) in [6, 6.07) is 15.6. The monoisotopic (exact) mass is 374 g/mol. The molecule has 0 aromatic heterocycles. The van der Waals surface area contributed by atoms with Crippen LogP contribution >= 0.6 is 27.7 Å². The van der Waals surface area contributed by atoms with Crippen LogP contribution in [0.25, 0.3) is 6.08 Å². The number of ketones is 1. The van der Waals surface area contributed by atoms with Crippen LogP contribution in [0.3, 0.4) is 0 Å². The van der Waals surface area contributed by atoms with E-state index in [4.69, 9.17) is 0 Å². The third-order valence-electron chi connectivity index (χ3n) is 2.88. The average Bonchev–Trinajstić information content (AvgIpc) is 2.45. The van der Waals surface area contributed by atoms with Crippen LogP contribution in [0, 0.1) is 0 Å². The Hall–Kier alpha value is -1.32. The minimum absolute atomic E-state index is 0.0167. The molecule has 0 heterocycles. The van der Waals surface area contributed by atoms with Crippen molar-refractivity contribution >= 4 is 39.6 Å². The maximum atomic E-state index is 12.2. The van der Waals surface area contributed by atoms with Crippen molar-refractivity contribution in [2.45, 2.75) is 30.4 Å². The van der Waals surface area contributed by atoms with Crippen molar-refractivity contribution in [1.29, 1.82) is 0 Å². The minimum Gasteiger partial charge on any atom is -0.289 e. The van der Waals surface area contributed by atoms with Gasteiger partial charge in [-0.1, -0.05) is 54.9 Å². The maximum absolute atomic E-state index is 12.2. The molecule has 0 bridgehead atoms. The third kappa shape index (κ3) is 5.15. The van der Waals surface area contributed by atoms with E-state index in [9.17, 15) is 4.79 Å². The Balaban J connectivity index is 2.19. The lowest BCUT2D eigenvalue weighted by molar-refractivity contribution is 0.104. The van der Waals surface area contributed by atoms with Crippen molar-refractivity contribution < 1.29 is 4.79 Å². The van der Waals surface area contributed by atoms with Gasteiger partial charge in [0.1, 0.15) is 0 Å². The van der Waals surface area contributed by atoms with E-state index in [2.05, 4.69) is 42.8 Å². The zero-order chi connectivity index (χ0) is 16.2. The molecular formula is C19H19BrOS. The topological polar surface area (TPSA) is 17.1 Å². The van der Waals surface area contributed by atoms with E-state index in [1.165, 1.54) is 4.90 Å². The van der Waals surface area contributed by atoms with Crippen LogP contribution in [0.5, 0.6) is 0 Å². The summed E-state index contributed by atoms with van der Waals surface area (Å²) in [5.74, 6) is 0.0167. The Morgan fingerprint density at radius 2 is 1.68 bits per heavy atom. The standard InChI is InChI=1S/C19H19BrOS/c1-19(2,3)22-18-7-5-4-6-15(18)10-13-17(21)14-8-11-16(20)12-9-14/h4-13H,1-3H3/b13-10-. The first-order chi connectivity index (χ1) is 10.3. The van der Waals surface area contributed by atoms with Crippen LogP contribution in [0.4, 0.5) is 0 Å². The molecule has 22 heavy (non-hydrogen) atoms.